The summed E-state index contributed by atoms with van der Waals surface area (Å²) in [5, 5.41) is 6.90. The Morgan fingerprint density at radius 2 is 2.21 bits per heavy atom. The van der Waals surface area contributed by atoms with Gasteiger partial charge in [-0.05, 0) is 44.5 Å². The zero-order chi connectivity index (χ0) is 13.7. The molecule has 0 saturated carbocycles. The van der Waals surface area contributed by atoms with Gasteiger partial charge in [-0.15, -0.1) is 11.3 Å². The number of hydrogen-bond acceptors (Lipinski definition) is 4. The van der Waals surface area contributed by atoms with Gasteiger partial charge < -0.3 is 5.32 Å². The van der Waals surface area contributed by atoms with E-state index in [4.69, 9.17) is 0 Å². The van der Waals surface area contributed by atoms with Crippen LogP contribution in [0, 0.1) is 13.8 Å². The SMILES string of the molecule is CCCNC(Cc1csc(C)n1)c1ccnc(C)c1. The Hall–Kier alpha value is -1.26. The van der Waals surface area contributed by atoms with Crippen molar-refractivity contribution in [1.29, 1.82) is 0 Å². The number of hydrogen-bond donors (Lipinski definition) is 1. The summed E-state index contributed by atoms with van der Waals surface area (Å²) in [5.74, 6) is 0. The van der Waals surface area contributed by atoms with Gasteiger partial charge in [0.2, 0.25) is 0 Å². The lowest BCUT2D eigenvalue weighted by atomic mass is 10.0. The summed E-state index contributed by atoms with van der Waals surface area (Å²) in [6.07, 6.45) is 3.96. The molecule has 2 rings (SSSR count). The van der Waals surface area contributed by atoms with Crippen LogP contribution in [0.15, 0.2) is 23.7 Å². The van der Waals surface area contributed by atoms with Crippen molar-refractivity contribution in [2.45, 2.75) is 39.7 Å². The van der Waals surface area contributed by atoms with Crippen LogP contribution in [0.2, 0.25) is 0 Å². The summed E-state index contributed by atoms with van der Waals surface area (Å²) < 4.78 is 0. The molecule has 0 spiro atoms. The van der Waals surface area contributed by atoms with E-state index in [0.717, 1.165) is 30.1 Å². The van der Waals surface area contributed by atoms with Gasteiger partial charge in [0.15, 0.2) is 0 Å². The normalized spacial score (nSPS) is 12.6. The molecule has 0 aliphatic rings. The van der Waals surface area contributed by atoms with Gasteiger partial charge in [-0.25, -0.2) is 4.98 Å². The molecule has 1 N–H and O–H groups in total. The van der Waals surface area contributed by atoms with Gasteiger partial charge in [0, 0.05) is 29.7 Å². The Balaban J connectivity index is 2.15. The molecule has 3 nitrogen and oxygen atoms in total. The predicted octanol–water partition coefficient (Wildman–Crippen LogP) is 3.44. The van der Waals surface area contributed by atoms with Crippen molar-refractivity contribution in [2.75, 3.05) is 6.54 Å². The highest BCUT2D eigenvalue weighted by molar-refractivity contribution is 7.09. The van der Waals surface area contributed by atoms with Crippen molar-refractivity contribution in [3.8, 4) is 0 Å². The third-order valence-electron chi connectivity index (χ3n) is 3.04. The van der Waals surface area contributed by atoms with Crippen LogP contribution in [0.3, 0.4) is 0 Å². The van der Waals surface area contributed by atoms with Crippen LogP contribution in [-0.2, 0) is 6.42 Å². The first-order chi connectivity index (χ1) is 9.19. The van der Waals surface area contributed by atoms with Gasteiger partial charge >= 0.3 is 0 Å². The molecule has 0 aromatic carbocycles. The molecule has 0 saturated heterocycles. The molecule has 2 aromatic heterocycles. The number of nitrogens with one attached hydrogen (secondary N) is 1. The van der Waals surface area contributed by atoms with Gasteiger partial charge in [-0.1, -0.05) is 6.92 Å². The van der Waals surface area contributed by atoms with E-state index in [9.17, 15) is 0 Å². The molecule has 0 bridgehead atoms. The molecule has 19 heavy (non-hydrogen) atoms. The number of rotatable bonds is 6. The predicted molar refractivity (Wildman–Crippen MR) is 80.6 cm³/mol. The first-order valence-electron chi connectivity index (χ1n) is 6.76. The minimum atomic E-state index is 0.322. The van der Waals surface area contributed by atoms with Crippen molar-refractivity contribution in [1.82, 2.24) is 15.3 Å². The lowest BCUT2D eigenvalue weighted by Crippen LogP contribution is -2.24. The van der Waals surface area contributed by atoms with Gasteiger partial charge in [-0.3, -0.25) is 4.98 Å². The summed E-state index contributed by atoms with van der Waals surface area (Å²) in [5.41, 5.74) is 3.53. The van der Waals surface area contributed by atoms with Crippen LogP contribution in [0.25, 0.3) is 0 Å². The molecular weight excluding hydrogens is 254 g/mol. The Morgan fingerprint density at radius 3 is 2.84 bits per heavy atom. The molecule has 2 aromatic rings. The summed E-state index contributed by atoms with van der Waals surface area (Å²) in [6.45, 7) is 7.30. The first-order valence-corrected chi connectivity index (χ1v) is 7.64. The monoisotopic (exact) mass is 275 g/mol. The zero-order valence-electron chi connectivity index (χ0n) is 11.8. The topological polar surface area (TPSA) is 37.8 Å². The number of thiazole rings is 1. The number of aromatic nitrogens is 2. The highest BCUT2D eigenvalue weighted by Gasteiger charge is 2.13. The third-order valence-corrected chi connectivity index (χ3v) is 3.87. The van der Waals surface area contributed by atoms with E-state index in [1.54, 1.807) is 11.3 Å². The van der Waals surface area contributed by atoms with Crippen LogP contribution in [0.5, 0.6) is 0 Å². The second kappa shape index (κ2) is 6.78. The average molecular weight is 275 g/mol. The van der Waals surface area contributed by atoms with Gasteiger partial charge in [0.1, 0.15) is 0 Å². The van der Waals surface area contributed by atoms with E-state index >= 15 is 0 Å². The van der Waals surface area contributed by atoms with Gasteiger partial charge in [-0.2, -0.15) is 0 Å². The van der Waals surface area contributed by atoms with Gasteiger partial charge in [0.25, 0.3) is 0 Å². The van der Waals surface area contributed by atoms with Crippen molar-refractivity contribution < 1.29 is 0 Å². The fourth-order valence-corrected chi connectivity index (χ4v) is 2.75. The Morgan fingerprint density at radius 1 is 1.37 bits per heavy atom. The Kier molecular flexibility index (Phi) is 5.05. The molecule has 0 fully saturated rings. The van der Waals surface area contributed by atoms with Crippen LogP contribution < -0.4 is 5.32 Å². The van der Waals surface area contributed by atoms with Crippen LogP contribution in [0.1, 0.15) is 41.3 Å². The minimum absolute atomic E-state index is 0.322. The minimum Gasteiger partial charge on any atom is -0.310 e. The summed E-state index contributed by atoms with van der Waals surface area (Å²) >= 11 is 1.72. The first kappa shape index (κ1) is 14.2. The van der Waals surface area contributed by atoms with Crippen LogP contribution in [-0.4, -0.2) is 16.5 Å². The fourth-order valence-electron chi connectivity index (χ4n) is 2.12. The molecule has 0 aliphatic heterocycles. The van der Waals surface area contributed by atoms with E-state index in [2.05, 4.69) is 46.6 Å². The third kappa shape index (κ3) is 4.11. The van der Waals surface area contributed by atoms with Crippen LogP contribution in [0.4, 0.5) is 0 Å². The van der Waals surface area contributed by atoms with Crippen molar-refractivity contribution in [3.05, 3.63) is 45.7 Å². The summed E-state index contributed by atoms with van der Waals surface area (Å²) in [4.78, 5) is 8.84. The molecule has 102 valence electrons. The molecule has 1 atom stereocenters. The van der Waals surface area contributed by atoms with Gasteiger partial charge in [0.05, 0.1) is 10.7 Å². The molecular formula is C15H21N3S. The van der Waals surface area contributed by atoms with E-state index < -0.39 is 0 Å². The number of aryl methyl sites for hydroxylation is 2. The molecule has 0 aliphatic carbocycles. The van der Waals surface area contributed by atoms with E-state index in [1.165, 1.54) is 11.3 Å². The second-order valence-electron chi connectivity index (χ2n) is 4.80. The molecule has 4 heteroatoms. The van der Waals surface area contributed by atoms with Crippen molar-refractivity contribution in [3.63, 3.8) is 0 Å². The number of nitrogens with zero attached hydrogens (tertiary/aromatic N) is 2. The average Bonchev–Trinajstić information content (AvgIpc) is 2.80. The fraction of sp³-hybridized carbons (Fsp3) is 0.467. The maximum Gasteiger partial charge on any atom is 0.0897 e. The maximum absolute atomic E-state index is 4.57. The highest BCUT2D eigenvalue weighted by atomic mass is 32.1. The standard InChI is InChI=1S/C15H21N3S/c1-4-6-17-15(9-14-10-19-12(3)18-14)13-5-7-16-11(2)8-13/h5,7-8,10,15,17H,4,6,9H2,1-3H3. The molecule has 2 heterocycles. The lowest BCUT2D eigenvalue weighted by Gasteiger charge is -2.18. The Labute approximate surface area is 119 Å². The van der Waals surface area contributed by atoms with E-state index in [-0.39, 0.29) is 0 Å². The smallest absolute Gasteiger partial charge is 0.0897 e. The molecule has 1 unspecified atom stereocenters. The van der Waals surface area contributed by atoms with Crippen molar-refractivity contribution in [2.24, 2.45) is 0 Å². The highest BCUT2D eigenvalue weighted by Crippen LogP contribution is 2.20. The largest absolute Gasteiger partial charge is 0.310 e. The molecule has 0 amide bonds. The zero-order valence-corrected chi connectivity index (χ0v) is 12.6. The molecule has 0 radical (unpaired) electrons. The van der Waals surface area contributed by atoms with E-state index in [0.29, 0.717) is 6.04 Å². The second-order valence-corrected chi connectivity index (χ2v) is 5.86. The van der Waals surface area contributed by atoms with Crippen molar-refractivity contribution >= 4 is 11.3 Å². The quantitative estimate of drug-likeness (QED) is 0.877. The maximum atomic E-state index is 4.57. The van der Waals surface area contributed by atoms with Crippen LogP contribution >= 0.6 is 11.3 Å². The summed E-state index contributed by atoms with van der Waals surface area (Å²) in [6, 6.07) is 4.58. The summed E-state index contributed by atoms with van der Waals surface area (Å²) in [7, 11) is 0. The number of pyridine rings is 1. The van der Waals surface area contributed by atoms with E-state index in [1.807, 2.05) is 13.1 Å². The Bertz CT molecular complexity index is 522. The lowest BCUT2D eigenvalue weighted by molar-refractivity contribution is 0.524.